The quantitative estimate of drug-likeness (QED) is 0.555. The van der Waals surface area contributed by atoms with Gasteiger partial charge in [0.1, 0.15) is 12.2 Å². The summed E-state index contributed by atoms with van der Waals surface area (Å²) in [5.74, 6) is -0.715. The Kier molecular flexibility index (Phi) is 2.77. The summed E-state index contributed by atoms with van der Waals surface area (Å²) in [4.78, 5) is 1.88. The molecule has 2 rings (SSSR count). The van der Waals surface area contributed by atoms with E-state index in [1.807, 2.05) is 11.9 Å². The first-order valence-electron chi connectivity index (χ1n) is 5.29. The van der Waals surface area contributed by atoms with E-state index in [1.54, 1.807) is 13.8 Å². The number of hydrogen-bond donors (Lipinski definition) is 2. The van der Waals surface area contributed by atoms with Crippen LogP contribution in [-0.2, 0) is 9.47 Å². The van der Waals surface area contributed by atoms with Crippen LogP contribution < -0.4 is 0 Å². The molecule has 15 heavy (non-hydrogen) atoms. The zero-order valence-electron chi connectivity index (χ0n) is 9.38. The summed E-state index contributed by atoms with van der Waals surface area (Å²) in [6, 6.07) is 0. The van der Waals surface area contributed by atoms with E-state index in [2.05, 4.69) is 0 Å². The summed E-state index contributed by atoms with van der Waals surface area (Å²) in [6.07, 6.45) is -2.09. The van der Waals surface area contributed by atoms with Crippen LogP contribution in [0.5, 0.6) is 0 Å². The van der Waals surface area contributed by atoms with Crippen LogP contribution in [0.4, 0.5) is 0 Å². The van der Waals surface area contributed by atoms with E-state index in [1.165, 1.54) is 0 Å². The van der Waals surface area contributed by atoms with Crippen LogP contribution in [0.2, 0.25) is 0 Å². The predicted molar refractivity (Wildman–Crippen MR) is 53.3 cm³/mol. The molecular weight excluding hydrogens is 198 g/mol. The van der Waals surface area contributed by atoms with Crippen molar-refractivity contribution in [2.75, 3.05) is 20.1 Å². The predicted octanol–water partition coefficient (Wildman–Crippen LogP) is -0.826. The second kappa shape index (κ2) is 3.68. The maximum Gasteiger partial charge on any atom is 0.164 e. The van der Waals surface area contributed by atoms with Crippen molar-refractivity contribution >= 4 is 0 Å². The summed E-state index contributed by atoms with van der Waals surface area (Å²) in [6.45, 7) is 4.59. The molecule has 0 bridgehead atoms. The molecule has 0 aromatic rings. The van der Waals surface area contributed by atoms with Crippen molar-refractivity contribution in [3.63, 3.8) is 0 Å². The molecule has 0 amide bonds. The van der Waals surface area contributed by atoms with E-state index in [0.717, 1.165) is 0 Å². The first kappa shape index (κ1) is 11.3. The van der Waals surface area contributed by atoms with Crippen molar-refractivity contribution in [1.29, 1.82) is 0 Å². The number of nitrogens with zero attached hydrogens (tertiary/aromatic N) is 1. The van der Waals surface area contributed by atoms with E-state index in [4.69, 9.17) is 9.47 Å². The fourth-order valence-electron chi connectivity index (χ4n) is 2.33. The molecule has 0 aliphatic carbocycles. The van der Waals surface area contributed by atoms with Gasteiger partial charge >= 0.3 is 0 Å². The molecule has 0 spiro atoms. The Morgan fingerprint density at radius 2 is 1.47 bits per heavy atom. The van der Waals surface area contributed by atoms with Gasteiger partial charge in [0.05, 0.1) is 12.2 Å². The standard InChI is InChI=1S/C10H19NO4/c1-10(2)14-8-6(12)4-11(3)5-7(13)9(8)15-10/h6-9,12-13H,4-5H2,1-3H3. The van der Waals surface area contributed by atoms with Gasteiger partial charge in [0.25, 0.3) is 0 Å². The zero-order chi connectivity index (χ0) is 11.2. The molecule has 0 radical (unpaired) electrons. The molecule has 2 heterocycles. The van der Waals surface area contributed by atoms with Gasteiger partial charge in [0.15, 0.2) is 5.79 Å². The van der Waals surface area contributed by atoms with Gasteiger partial charge in [-0.1, -0.05) is 0 Å². The third kappa shape index (κ3) is 2.16. The molecule has 2 aliphatic rings. The van der Waals surface area contributed by atoms with Gasteiger partial charge in [-0.05, 0) is 20.9 Å². The molecule has 2 fully saturated rings. The van der Waals surface area contributed by atoms with E-state index < -0.39 is 30.2 Å². The maximum atomic E-state index is 9.92. The van der Waals surface area contributed by atoms with Crippen molar-refractivity contribution < 1.29 is 19.7 Å². The molecule has 2 aliphatic heterocycles. The molecule has 0 saturated carbocycles. The average molecular weight is 217 g/mol. The Morgan fingerprint density at radius 3 is 1.87 bits per heavy atom. The number of fused-ring (bicyclic) bond motifs is 1. The van der Waals surface area contributed by atoms with E-state index in [9.17, 15) is 10.2 Å². The summed E-state index contributed by atoms with van der Waals surface area (Å²) < 4.78 is 11.2. The summed E-state index contributed by atoms with van der Waals surface area (Å²) >= 11 is 0. The van der Waals surface area contributed by atoms with Gasteiger partial charge in [0, 0.05) is 13.1 Å². The Morgan fingerprint density at radius 1 is 1.07 bits per heavy atom. The zero-order valence-corrected chi connectivity index (χ0v) is 9.38. The topological polar surface area (TPSA) is 62.2 Å². The van der Waals surface area contributed by atoms with Crippen molar-refractivity contribution in [3.05, 3.63) is 0 Å². The lowest BCUT2D eigenvalue weighted by Crippen LogP contribution is -2.41. The fraction of sp³-hybridized carbons (Fsp3) is 1.00. The lowest BCUT2D eigenvalue weighted by atomic mass is 10.1. The lowest BCUT2D eigenvalue weighted by Gasteiger charge is -2.23. The van der Waals surface area contributed by atoms with Crippen LogP contribution in [0.25, 0.3) is 0 Å². The third-order valence-electron chi connectivity index (χ3n) is 2.92. The third-order valence-corrected chi connectivity index (χ3v) is 2.92. The molecule has 4 atom stereocenters. The minimum absolute atomic E-state index is 0.431. The highest BCUT2D eigenvalue weighted by Crippen LogP contribution is 2.33. The second-order valence-corrected chi connectivity index (χ2v) is 4.92. The summed E-state index contributed by atoms with van der Waals surface area (Å²) in [7, 11) is 1.86. The molecule has 88 valence electrons. The van der Waals surface area contributed by atoms with Gasteiger partial charge in [-0.15, -0.1) is 0 Å². The van der Waals surface area contributed by atoms with Crippen LogP contribution in [-0.4, -0.2) is 65.5 Å². The second-order valence-electron chi connectivity index (χ2n) is 4.92. The van der Waals surface area contributed by atoms with Crippen LogP contribution >= 0.6 is 0 Å². The van der Waals surface area contributed by atoms with Crippen molar-refractivity contribution in [2.24, 2.45) is 0 Å². The highest BCUT2D eigenvalue weighted by Gasteiger charge is 2.49. The number of aliphatic hydroxyl groups is 2. The Hall–Kier alpha value is -0.200. The molecule has 2 saturated heterocycles. The number of aliphatic hydroxyl groups excluding tert-OH is 2. The largest absolute Gasteiger partial charge is 0.389 e. The summed E-state index contributed by atoms with van der Waals surface area (Å²) in [5, 5.41) is 19.8. The van der Waals surface area contributed by atoms with Crippen LogP contribution in [0.15, 0.2) is 0 Å². The number of β-amino-alcohol motifs (C(OH)–C–C–N with tert-alkyl or cyclic N) is 2. The van der Waals surface area contributed by atoms with Crippen LogP contribution in [0.3, 0.4) is 0 Å². The highest BCUT2D eigenvalue weighted by molar-refractivity contribution is 4.95. The number of hydrogen-bond acceptors (Lipinski definition) is 5. The first-order chi connectivity index (χ1) is 6.89. The van der Waals surface area contributed by atoms with Crippen molar-refractivity contribution in [1.82, 2.24) is 4.90 Å². The SMILES string of the molecule is CN1CC(O)C2OC(C)(C)OC2C(O)C1. The fourth-order valence-corrected chi connectivity index (χ4v) is 2.33. The maximum absolute atomic E-state index is 9.92. The van der Waals surface area contributed by atoms with Gasteiger partial charge in [0.2, 0.25) is 0 Å². The van der Waals surface area contributed by atoms with Gasteiger partial charge in [-0.3, -0.25) is 0 Å². The number of ether oxygens (including phenoxy) is 2. The molecule has 2 N–H and O–H groups in total. The summed E-state index contributed by atoms with van der Waals surface area (Å²) in [5.41, 5.74) is 0. The minimum Gasteiger partial charge on any atom is -0.389 e. The number of likely N-dealkylation sites (tertiary alicyclic amines) is 1. The lowest BCUT2D eigenvalue weighted by molar-refractivity contribution is -0.165. The molecule has 0 aromatic carbocycles. The van der Waals surface area contributed by atoms with Gasteiger partial charge in [-0.25, -0.2) is 0 Å². The van der Waals surface area contributed by atoms with E-state index in [0.29, 0.717) is 13.1 Å². The Balaban J connectivity index is 2.17. The normalized spacial score (nSPS) is 46.2. The monoisotopic (exact) mass is 217 g/mol. The molecular formula is C10H19NO4. The molecule has 5 nitrogen and oxygen atoms in total. The first-order valence-corrected chi connectivity index (χ1v) is 5.29. The smallest absolute Gasteiger partial charge is 0.164 e. The Labute approximate surface area is 89.6 Å². The van der Waals surface area contributed by atoms with Crippen LogP contribution in [0.1, 0.15) is 13.8 Å². The molecule has 0 aromatic heterocycles. The van der Waals surface area contributed by atoms with E-state index >= 15 is 0 Å². The number of likely N-dealkylation sites (N-methyl/N-ethyl adjacent to an activating group) is 1. The number of rotatable bonds is 0. The van der Waals surface area contributed by atoms with Gasteiger partial charge < -0.3 is 24.6 Å². The minimum atomic E-state index is -0.715. The molecule has 5 heteroatoms. The Bertz CT molecular complexity index is 224. The average Bonchev–Trinajstić information content (AvgIpc) is 2.36. The van der Waals surface area contributed by atoms with Crippen molar-refractivity contribution in [3.8, 4) is 0 Å². The van der Waals surface area contributed by atoms with Crippen LogP contribution in [0, 0.1) is 0 Å². The van der Waals surface area contributed by atoms with Crippen molar-refractivity contribution in [2.45, 2.75) is 44.1 Å². The highest BCUT2D eigenvalue weighted by atomic mass is 16.8. The van der Waals surface area contributed by atoms with E-state index in [-0.39, 0.29) is 0 Å². The molecule has 4 unspecified atom stereocenters. The van der Waals surface area contributed by atoms with Gasteiger partial charge in [-0.2, -0.15) is 0 Å².